The maximum atomic E-state index is 12.8. The molecule has 1 saturated heterocycles. The van der Waals surface area contributed by atoms with Gasteiger partial charge in [0.05, 0.1) is 13.0 Å². The molecule has 1 aromatic heterocycles. The average molecular weight is 398 g/mol. The summed E-state index contributed by atoms with van der Waals surface area (Å²) in [6.45, 7) is 4.94. The summed E-state index contributed by atoms with van der Waals surface area (Å²) in [6, 6.07) is 5.92. The second-order valence-corrected chi connectivity index (χ2v) is 7.77. The lowest BCUT2D eigenvalue weighted by atomic mass is 10.1. The van der Waals surface area contributed by atoms with Crippen molar-refractivity contribution in [1.29, 1.82) is 0 Å². The van der Waals surface area contributed by atoms with Crippen molar-refractivity contribution in [3.05, 3.63) is 41.0 Å². The van der Waals surface area contributed by atoms with Gasteiger partial charge in [-0.25, -0.2) is 0 Å². The smallest absolute Gasteiger partial charge is 0.292 e. The van der Waals surface area contributed by atoms with Crippen molar-refractivity contribution in [2.24, 2.45) is 0 Å². The lowest BCUT2D eigenvalue weighted by Gasteiger charge is -2.22. The predicted octanol–water partition coefficient (Wildman–Crippen LogP) is 2.71. The lowest BCUT2D eigenvalue weighted by molar-refractivity contribution is -0.133. The Hall–Kier alpha value is -2.90. The molecule has 1 aliphatic heterocycles. The third-order valence-corrected chi connectivity index (χ3v) is 5.39. The Morgan fingerprint density at radius 3 is 2.72 bits per heavy atom. The number of aryl methyl sites for hydroxylation is 2. The summed E-state index contributed by atoms with van der Waals surface area (Å²) >= 11 is 0. The van der Waals surface area contributed by atoms with Crippen molar-refractivity contribution in [2.75, 3.05) is 13.2 Å². The van der Waals surface area contributed by atoms with Gasteiger partial charge in [0.25, 0.3) is 11.7 Å². The van der Waals surface area contributed by atoms with Gasteiger partial charge in [-0.1, -0.05) is 23.4 Å². The first-order chi connectivity index (χ1) is 14.0. The summed E-state index contributed by atoms with van der Waals surface area (Å²) in [5.74, 6) is 0.861. The number of benzene rings is 1. The fraction of sp³-hybridized carbons (Fsp3) is 0.524. The van der Waals surface area contributed by atoms with Crippen LogP contribution in [0.15, 0.2) is 22.7 Å². The molecule has 0 radical (unpaired) electrons. The molecule has 2 fully saturated rings. The van der Waals surface area contributed by atoms with Crippen LogP contribution in [0.4, 0.5) is 0 Å². The van der Waals surface area contributed by atoms with Gasteiger partial charge < -0.3 is 19.5 Å². The van der Waals surface area contributed by atoms with Crippen molar-refractivity contribution >= 4 is 11.8 Å². The van der Waals surface area contributed by atoms with Gasteiger partial charge in [0.15, 0.2) is 0 Å². The minimum atomic E-state index is -0.319. The maximum absolute atomic E-state index is 12.8. The van der Waals surface area contributed by atoms with Crippen molar-refractivity contribution in [1.82, 2.24) is 20.4 Å². The van der Waals surface area contributed by atoms with Crippen LogP contribution in [0.3, 0.4) is 0 Å². The van der Waals surface area contributed by atoms with E-state index in [-0.39, 0.29) is 36.1 Å². The highest BCUT2D eigenvalue weighted by Gasteiger charge is 2.35. The number of nitrogens with one attached hydrogen (secondary N) is 1. The van der Waals surface area contributed by atoms with Gasteiger partial charge in [-0.2, -0.15) is 4.98 Å². The number of amides is 2. The third-order valence-electron chi connectivity index (χ3n) is 5.39. The van der Waals surface area contributed by atoms with Gasteiger partial charge in [0.1, 0.15) is 11.8 Å². The van der Waals surface area contributed by atoms with E-state index in [9.17, 15) is 9.59 Å². The fourth-order valence-electron chi connectivity index (χ4n) is 3.67. The van der Waals surface area contributed by atoms with Crippen molar-refractivity contribution in [2.45, 2.75) is 58.0 Å². The van der Waals surface area contributed by atoms with Crippen LogP contribution in [0.2, 0.25) is 0 Å². The number of carbonyl (C=O) groups excluding carboxylic acids is 2. The van der Waals surface area contributed by atoms with E-state index in [1.165, 1.54) is 0 Å². The molecule has 2 aromatic rings. The molecule has 4 rings (SSSR count). The van der Waals surface area contributed by atoms with E-state index in [1.807, 2.05) is 32.0 Å². The second kappa shape index (κ2) is 8.23. The van der Waals surface area contributed by atoms with Crippen LogP contribution in [-0.2, 0) is 4.79 Å². The van der Waals surface area contributed by atoms with Gasteiger partial charge in [-0.3, -0.25) is 9.59 Å². The van der Waals surface area contributed by atoms with Crippen LogP contribution < -0.4 is 10.1 Å². The van der Waals surface area contributed by atoms with E-state index in [4.69, 9.17) is 9.26 Å². The van der Waals surface area contributed by atoms with E-state index < -0.39 is 0 Å². The molecule has 8 heteroatoms. The first kappa shape index (κ1) is 19.4. The standard InChI is InChI=1S/C21H26N4O4/c1-13-5-3-6-14(2)18(13)28-12-10-17(26)25-11-4-7-16(25)21-23-19(24-29-21)20(27)22-15-8-9-15/h3,5-6,15-16H,4,7-12H2,1-2H3,(H,22,27). The number of rotatable bonds is 7. The molecule has 2 heterocycles. The normalized spacial score (nSPS) is 18.7. The van der Waals surface area contributed by atoms with Crippen LogP contribution in [0, 0.1) is 13.8 Å². The third kappa shape index (κ3) is 4.41. The number of carbonyl (C=O) groups is 2. The molecule has 1 aliphatic carbocycles. The topological polar surface area (TPSA) is 97.6 Å². The number of hydrogen-bond donors (Lipinski definition) is 1. The van der Waals surface area contributed by atoms with Crippen LogP contribution in [0.5, 0.6) is 5.75 Å². The highest BCUT2D eigenvalue weighted by Crippen LogP contribution is 2.31. The molecule has 1 atom stereocenters. The molecular weight excluding hydrogens is 372 g/mol. The highest BCUT2D eigenvalue weighted by atomic mass is 16.5. The number of likely N-dealkylation sites (tertiary alicyclic amines) is 1. The van der Waals surface area contributed by atoms with E-state index >= 15 is 0 Å². The summed E-state index contributed by atoms with van der Waals surface area (Å²) < 4.78 is 11.2. The zero-order chi connectivity index (χ0) is 20.4. The van der Waals surface area contributed by atoms with Crippen molar-refractivity contribution in [3.8, 4) is 5.75 Å². The number of aromatic nitrogens is 2. The molecule has 154 valence electrons. The monoisotopic (exact) mass is 398 g/mol. The molecule has 29 heavy (non-hydrogen) atoms. The van der Waals surface area contributed by atoms with E-state index in [2.05, 4.69) is 15.5 Å². The number of ether oxygens (including phenoxy) is 1. The molecule has 2 amide bonds. The number of para-hydroxylation sites is 1. The van der Waals surface area contributed by atoms with Crippen molar-refractivity contribution < 1.29 is 18.8 Å². The van der Waals surface area contributed by atoms with Gasteiger partial charge in [-0.15, -0.1) is 0 Å². The molecule has 1 N–H and O–H groups in total. The van der Waals surface area contributed by atoms with E-state index in [0.29, 0.717) is 19.0 Å². The average Bonchev–Trinajstić information content (AvgIpc) is 3.19. The minimum absolute atomic E-state index is 0.0130. The second-order valence-electron chi connectivity index (χ2n) is 7.77. The SMILES string of the molecule is Cc1cccc(C)c1OCCC(=O)N1CCCC1c1nc(C(=O)NC2CC2)no1. The van der Waals surface area contributed by atoms with Gasteiger partial charge in [0, 0.05) is 12.6 Å². The molecule has 1 unspecified atom stereocenters. The van der Waals surface area contributed by atoms with Gasteiger partial charge >= 0.3 is 0 Å². The fourth-order valence-corrected chi connectivity index (χ4v) is 3.67. The van der Waals surface area contributed by atoms with Gasteiger partial charge in [-0.05, 0) is 50.7 Å². The predicted molar refractivity (Wildman–Crippen MR) is 105 cm³/mol. The summed E-state index contributed by atoms with van der Waals surface area (Å²) in [4.78, 5) is 30.8. The van der Waals surface area contributed by atoms with Crippen molar-refractivity contribution in [3.63, 3.8) is 0 Å². The summed E-state index contributed by atoms with van der Waals surface area (Å²) in [7, 11) is 0. The largest absolute Gasteiger partial charge is 0.493 e. The van der Waals surface area contributed by atoms with E-state index in [1.54, 1.807) is 4.90 Å². The Morgan fingerprint density at radius 1 is 1.24 bits per heavy atom. The highest BCUT2D eigenvalue weighted by molar-refractivity contribution is 5.90. The van der Waals surface area contributed by atoms with Gasteiger partial charge in [0.2, 0.25) is 11.8 Å². The van der Waals surface area contributed by atoms with E-state index in [0.717, 1.165) is 42.6 Å². The first-order valence-corrected chi connectivity index (χ1v) is 10.2. The lowest BCUT2D eigenvalue weighted by Crippen LogP contribution is -2.32. The molecular formula is C21H26N4O4. The quantitative estimate of drug-likeness (QED) is 0.770. The Balaban J connectivity index is 1.34. The molecule has 1 saturated carbocycles. The molecule has 0 bridgehead atoms. The Labute approximate surface area is 169 Å². The summed E-state index contributed by atoms with van der Waals surface area (Å²) in [5, 5.41) is 6.64. The minimum Gasteiger partial charge on any atom is -0.493 e. The van der Waals surface area contributed by atoms with Crippen LogP contribution in [0.1, 0.15) is 65.8 Å². The Kier molecular flexibility index (Phi) is 5.51. The van der Waals surface area contributed by atoms with Crippen LogP contribution in [0.25, 0.3) is 0 Å². The number of nitrogens with zero attached hydrogens (tertiary/aromatic N) is 3. The first-order valence-electron chi connectivity index (χ1n) is 10.2. The molecule has 1 aromatic carbocycles. The van der Waals surface area contributed by atoms with Crippen LogP contribution >= 0.6 is 0 Å². The summed E-state index contributed by atoms with van der Waals surface area (Å²) in [6.07, 6.45) is 3.86. The zero-order valence-electron chi connectivity index (χ0n) is 16.8. The van der Waals surface area contributed by atoms with Crippen LogP contribution in [-0.4, -0.2) is 46.0 Å². The zero-order valence-corrected chi connectivity index (χ0v) is 16.8. The molecule has 0 spiro atoms. The maximum Gasteiger partial charge on any atom is 0.292 e. The molecule has 2 aliphatic rings. The Morgan fingerprint density at radius 2 is 2.00 bits per heavy atom. The number of hydrogen-bond acceptors (Lipinski definition) is 6. The summed E-state index contributed by atoms with van der Waals surface area (Å²) in [5.41, 5.74) is 2.11. The Bertz CT molecular complexity index is 886. The molecule has 8 nitrogen and oxygen atoms in total.